The summed E-state index contributed by atoms with van der Waals surface area (Å²) in [5.41, 5.74) is 2.18. The minimum Gasteiger partial charge on any atom is -0.488 e. The maximum atomic E-state index is 6.04. The van der Waals surface area contributed by atoms with E-state index in [-0.39, 0.29) is 0 Å². The molecule has 20 heavy (non-hydrogen) atoms. The van der Waals surface area contributed by atoms with Crippen LogP contribution < -0.4 is 4.74 Å². The van der Waals surface area contributed by atoms with E-state index in [1.54, 1.807) is 0 Å². The molecule has 0 N–H and O–H groups in total. The molecule has 0 aromatic heterocycles. The molecule has 3 aromatic carbocycles. The standard InChI is InChI=1S/C18H15ClO/c19-12-16-11-10-15-8-4-5-9-17(15)18(16)20-13-14-6-2-1-3-7-14/h1-11H,12-13H2. The van der Waals surface area contributed by atoms with Crippen molar-refractivity contribution in [3.8, 4) is 5.75 Å². The summed E-state index contributed by atoms with van der Waals surface area (Å²) in [5.74, 6) is 1.34. The zero-order valence-electron chi connectivity index (χ0n) is 11.1. The number of alkyl halides is 1. The summed E-state index contributed by atoms with van der Waals surface area (Å²) < 4.78 is 6.04. The summed E-state index contributed by atoms with van der Waals surface area (Å²) in [7, 11) is 0. The van der Waals surface area contributed by atoms with Crippen molar-refractivity contribution < 1.29 is 4.74 Å². The minimum atomic E-state index is 0.453. The number of fused-ring (bicyclic) bond motifs is 1. The lowest BCUT2D eigenvalue weighted by Gasteiger charge is -2.13. The quantitative estimate of drug-likeness (QED) is 0.601. The molecular weight excluding hydrogens is 268 g/mol. The van der Waals surface area contributed by atoms with Crippen LogP contribution in [0, 0.1) is 0 Å². The van der Waals surface area contributed by atoms with Crippen LogP contribution in [-0.4, -0.2) is 0 Å². The first-order valence-electron chi connectivity index (χ1n) is 6.62. The van der Waals surface area contributed by atoms with Gasteiger partial charge < -0.3 is 4.74 Å². The molecule has 3 rings (SSSR count). The maximum Gasteiger partial charge on any atom is 0.132 e. The molecule has 0 unspecified atom stereocenters. The fraction of sp³-hybridized carbons (Fsp3) is 0.111. The van der Waals surface area contributed by atoms with Gasteiger partial charge in [-0.2, -0.15) is 0 Å². The van der Waals surface area contributed by atoms with Crippen LogP contribution in [0.25, 0.3) is 10.8 Å². The molecule has 3 aromatic rings. The van der Waals surface area contributed by atoms with Gasteiger partial charge in [0, 0.05) is 10.9 Å². The summed E-state index contributed by atoms with van der Waals surface area (Å²) in [5, 5.41) is 2.28. The normalized spacial score (nSPS) is 10.7. The molecule has 0 aliphatic heterocycles. The van der Waals surface area contributed by atoms with E-state index >= 15 is 0 Å². The number of halogens is 1. The second kappa shape index (κ2) is 5.98. The number of hydrogen-bond acceptors (Lipinski definition) is 1. The Morgan fingerprint density at radius 1 is 0.800 bits per heavy atom. The summed E-state index contributed by atoms with van der Waals surface area (Å²) in [4.78, 5) is 0. The Balaban J connectivity index is 1.96. The Hall–Kier alpha value is -1.99. The summed E-state index contributed by atoms with van der Waals surface area (Å²) in [6, 6.07) is 22.5. The molecule has 0 spiro atoms. The van der Waals surface area contributed by atoms with Gasteiger partial charge >= 0.3 is 0 Å². The molecular formula is C18H15ClO. The molecule has 0 saturated heterocycles. The van der Waals surface area contributed by atoms with Crippen molar-refractivity contribution in [3.63, 3.8) is 0 Å². The van der Waals surface area contributed by atoms with E-state index in [0.717, 1.165) is 22.3 Å². The van der Waals surface area contributed by atoms with Crippen LogP contribution in [0.5, 0.6) is 5.75 Å². The molecule has 2 heteroatoms. The number of benzene rings is 3. The highest BCUT2D eigenvalue weighted by Gasteiger charge is 2.08. The van der Waals surface area contributed by atoms with E-state index in [9.17, 15) is 0 Å². The Labute approximate surface area is 123 Å². The minimum absolute atomic E-state index is 0.453. The van der Waals surface area contributed by atoms with Crippen molar-refractivity contribution in [2.24, 2.45) is 0 Å². The van der Waals surface area contributed by atoms with Crippen molar-refractivity contribution in [2.45, 2.75) is 12.5 Å². The van der Waals surface area contributed by atoms with Gasteiger partial charge in [-0.25, -0.2) is 0 Å². The number of ether oxygens (including phenoxy) is 1. The van der Waals surface area contributed by atoms with Crippen molar-refractivity contribution >= 4 is 22.4 Å². The van der Waals surface area contributed by atoms with E-state index in [0.29, 0.717) is 12.5 Å². The Morgan fingerprint density at radius 3 is 2.35 bits per heavy atom. The third-order valence-electron chi connectivity index (χ3n) is 3.33. The lowest BCUT2D eigenvalue weighted by Crippen LogP contribution is -1.98. The second-order valence-corrected chi connectivity index (χ2v) is 4.95. The van der Waals surface area contributed by atoms with Crippen LogP contribution in [0.4, 0.5) is 0 Å². The van der Waals surface area contributed by atoms with Gasteiger partial charge in [0.15, 0.2) is 0 Å². The molecule has 1 nitrogen and oxygen atoms in total. The lowest BCUT2D eigenvalue weighted by atomic mass is 10.1. The molecule has 100 valence electrons. The fourth-order valence-corrected chi connectivity index (χ4v) is 2.50. The maximum absolute atomic E-state index is 6.04. The fourth-order valence-electron chi connectivity index (χ4n) is 2.29. The molecule has 0 saturated carbocycles. The van der Waals surface area contributed by atoms with Gasteiger partial charge in [0.1, 0.15) is 12.4 Å². The topological polar surface area (TPSA) is 9.23 Å². The Kier molecular flexibility index (Phi) is 3.89. The molecule has 0 bridgehead atoms. The van der Waals surface area contributed by atoms with E-state index in [1.165, 1.54) is 5.39 Å². The van der Waals surface area contributed by atoms with Gasteiger partial charge in [-0.05, 0) is 10.9 Å². The first-order chi connectivity index (χ1) is 9.88. The van der Waals surface area contributed by atoms with Crippen molar-refractivity contribution in [3.05, 3.63) is 77.9 Å². The number of rotatable bonds is 4. The van der Waals surface area contributed by atoms with Gasteiger partial charge in [-0.1, -0.05) is 66.7 Å². The average molecular weight is 283 g/mol. The summed E-state index contributed by atoms with van der Waals surface area (Å²) in [6.45, 7) is 0.554. The molecule has 0 heterocycles. The van der Waals surface area contributed by atoms with E-state index in [2.05, 4.69) is 30.3 Å². The zero-order chi connectivity index (χ0) is 13.8. The van der Waals surface area contributed by atoms with Gasteiger partial charge in [-0.3, -0.25) is 0 Å². The van der Waals surface area contributed by atoms with E-state index in [4.69, 9.17) is 16.3 Å². The highest BCUT2D eigenvalue weighted by atomic mass is 35.5. The molecule has 0 atom stereocenters. The van der Waals surface area contributed by atoms with Gasteiger partial charge in [-0.15, -0.1) is 11.6 Å². The lowest BCUT2D eigenvalue weighted by molar-refractivity contribution is 0.307. The van der Waals surface area contributed by atoms with Crippen LogP contribution in [0.15, 0.2) is 66.7 Å². The van der Waals surface area contributed by atoms with Crippen LogP contribution in [-0.2, 0) is 12.5 Å². The van der Waals surface area contributed by atoms with Gasteiger partial charge in [0.25, 0.3) is 0 Å². The zero-order valence-corrected chi connectivity index (χ0v) is 11.8. The predicted molar refractivity (Wildman–Crippen MR) is 84.3 cm³/mol. The Bertz CT molecular complexity index is 707. The summed E-state index contributed by atoms with van der Waals surface area (Å²) >= 11 is 6.03. The van der Waals surface area contributed by atoms with Crippen molar-refractivity contribution in [1.29, 1.82) is 0 Å². The number of hydrogen-bond donors (Lipinski definition) is 0. The summed E-state index contributed by atoms with van der Waals surface area (Å²) in [6.07, 6.45) is 0. The van der Waals surface area contributed by atoms with E-state index < -0.39 is 0 Å². The van der Waals surface area contributed by atoms with Crippen molar-refractivity contribution in [2.75, 3.05) is 0 Å². The second-order valence-electron chi connectivity index (χ2n) is 4.68. The monoisotopic (exact) mass is 282 g/mol. The average Bonchev–Trinajstić information content (AvgIpc) is 2.53. The highest BCUT2D eigenvalue weighted by Crippen LogP contribution is 2.31. The molecule has 0 radical (unpaired) electrons. The van der Waals surface area contributed by atoms with Crippen LogP contribution >= 0.6 is 11.6 Å². The molecule has 0 amide bonds. The van der Waals surface area contributed by atoms with E-state index in [1.807, 2.05) is 36.4 Å². The van der Waals surface area contributed by atoms with Gasteiger partial charge in [0.05, 0.1) is 5.88 Å². The highest BCUT2D eigenvalue weighted by molar-refractivity contribution is 6.17. The third kappa shape index (κ3) is 2.63. The van der Waals surface area contributed by atoms with Crippen LogP contribution in [0.1, 0.15) is 11.1 Å². The SMILES string of the molecule is ClCc1ccc2ccccc2c1OCc1ccccc1. The predicted octanol–water partition coefficient (Wildman–Crippen LogP) is 5.16. The molecule has 0 aliphatic rings. The molecule has 0 aliphatic carbocycles. The Morgan fingerprint density at radius 2 is 1.55 bits per heavy atom. The van der Waals surface area contributed by atoms with Crippen molar-refractivity contribution in [1.82, 2.24) is 0 Å². The largest absolute Gasteiger partial charge is 0.488 e. The third-order valence-corrected chi connectivity index (χ3v) is 3.62. The first-order valence-corrected chi connectivity index (χ1v) is 7.15. The van der Waals surface area contributed by atoms with Crippen LogP contribution in [0.3, 0.4) is 0 Å². The smallest absolute Gasteiger partial charge is 0.132 e. The molecule has 0 fully saturated rings. The van der Waals surface area contributed by atoms with Crippen LogP contribution in [0.2, 0.25) is 0 Å². The van der Waals surface area contributed by atoms with Gasteiger partial charge in [0.2, 0.25) is 0 Å². The first kappa shape index (κ1) is 13.0.